The summed E-state index contributed by atoms with van der Waals surface area (Å²) in [6.07, 6.45) is -0.179. The standard InChI is InChI=1S/C27H22F3N3O3S/c28-20-10-9-19(23(30)13-20)15-33(27-32-24(16-37-27)21-3-1-2-4-22(21)29)14-17-5-7-18(8-6-17)26(36)31-12-11-25(34)35/h1-10,13,16H,11-12,14-15H2,(H,31,36)(H,34,35). The van der Waals surface area contributed by atoms with Gasteiger partial charge in [0.1, 0.15) is 17.5 Å². The minimum absolute atomic E-state index is 0.0152. The number of hydrogen-bond acceptors (Lipinski definition) is 5. The summed E-state index contributed by atoms with van der Waals surface area (Å²) < 4.78 is 42.2. The molecule has 0 atom stereocenters. The fraction of sp³-hybridized carbons (Fsp3) is 0.148. The number of anilines is 1. The Morgan fingerprint density at radius 3 is 2.41 bits per heavy atom. The third kappa shape index (κ3) is 6.73. The highest BCUT2D eigenvalue weighted by molar-refractivity contribution is 7.14. The van der Waals surface area contributed by atoms with Crippen molar-refractivity contribution in [1.29, 1.82) is 0 Å². The molecule has 0 aliphatic heterocycles. The van der Waals surface area contributed by atoms with Gasteiger partial charge in [0.05, 0.1) is 12.1 Å². The summed E-state index contributed by atoms with van der Waals surface area (Å²) in [4.78, 5) is 29.2. The van der Waals surface area contributed by atoms with Crippen LogP contribution in [0.4, 0.5) is 18.3 Å². The van der Waals surface area contributed by atoms with Crippen molar-refractivity contribution in [2.75, 3.05) is 11.4 Å². The molecule has 1 aromatic heterocycles. The van der Waals surface area contributed by atoms with Gasteiger partial charge in [-0.2, -0.15) is 0 Å². The van der Waals surface area contributed by atoms with Crippen LogP contribution in [0.3, 0.4) is 0 Å². The molecule has 0 aliphatic rings. The van der Waals surface area contributed by atoms with E-state index in [0.717, 1.165) is 11.6 Å². The average molecular weight is 526 g/mol. The van der Waals surface area contributed by atoms with Gasteiger partial charge in [0.2, 0.25) is 0 Å². The molecule has 4 rings (SSSR count). The van der Waals surface area contributed by atoms with Crippen LogP contribution in [0.25, 0.3) is 11.3 Å². The number of carbonyl (C=O) groups excluding carboxylic acids is 1. The lowest BCUT2D eigenvalue weighted by Crippen LogP contribution is -2.26. The van der Waals surface area contributed by atoms with E-state index in [1.54, 1.807) is 52.7 Å². The monoisotopic (exact) mass is 525 g/mol. The first-order valence-corrected chi connectivity index (χ1v) is 12.2. The summed E-state index contributed by atoms with van der Waals surface area (Å²) in [6, 6.07) is 16.3. The minimum Gasteiger partial charge on any atom is -0.481 e. The summed E-state index contributed by atoms with van der Waals surface area (Å²) in [5, 5.41) is 13.5. The van der Waals surface area contributed by atoms with Crippen molar-refractivity contribution >= 4 is 28.3 Å². The van der Waals surface area contributed by atoms with Gasteiger partial charge in [-0.25, -0.2) is 18.2 Å². The Morgan fingerprint density at radius 2 is 1.70 bits per heavy atom. The first-order valence-electron chi connectivity index (χ1n) is 11.3. The number of carboxylic acid groups (broad SMARTS) is 1. The van der Waals surface area contributed by atoms with Crippen LogP contribution in [0.1, 0.15) is 27.9 Å². The third-order valence-corrected chi connectivity index (χ3v) is 6.40. The Bertz CT molecular complexity index is 1410. The number of aromatic nitrogens is 1. The van der Waals surface area contributed by atoms with Gasteiger partial charge in [-0.15, -0.1) is 11.3 Å². The van der Waals surface area contributed by atoms with E-state index in [0.29, 0.717) is 22.0 Å². The lowest BCUT2D eigenvalue weighted by atomic mass is 10.1. The largest absolute Gasteiger partial charge is 0.481 e. The van der Waals surface area contributed by atoms with Gasteiger partial charge < -0.3 is 15.3 Å². The minimum atomic E-state index is -1.01. The Labute approximate surface area is 215 Å². The molecule has 10 heteroatoms. The zero-order valence-electron chi connectivity index (χ0n) is 19.5. The van der Waals surface area contributed by atoms with Gasteiger partial charge in [0, 0.05) is 47.8 Å². The molecule has 0 fully saturated rings. The van der Waals surface area contributed by atoms with Crippen molar-refractivity contribution in [3.8, 4) is 11.3 Å². The normalized spacial score (nSPS) is 10.8. The van der Waals surface area contributed by atoms with Crippen LogP contribution in [0.2, 0.25) is 0 Å². The zero-order chi connectivity index (χ0) is 26.4. The highest BCUT2D eigenvalue weighted by Gasteiger charge is 2.17. The number of hydrogen-bond donors (Lipinski definition) is 2. The molecule has 190 valence electrons. The number of halogens is 3. The number of nitrogens with one attached hydrogen (secondary N) is 1. The van der Waals surface area contributed by atoms with Gasteiger partial charge in [-0.3, -0.25) is 9.59 Å². The Hall–Kier alpha value is -4.18. The molecule has 1 heterocycles. The van der Waals surface area contributed by atoms with Crippen molar-refractivity contribution in [2.24, 2.45) is 0 Å². The zero-order valence-corrected chi connectivity index (χ0v) is 20.3. The molecule has 4 aromatic rings. The van der Waals surface area contributed by atoms with Crippen molar-refractivity contribution in [1.82, 2.24) is 10.3 Å². The van der Waals surface area contributed by atoms with Crippen LogP contribution in [0.5, 0.6) is 0 Å². The summed E-state index contributed by atoms with van der Waals surface area (Å²) in [7, 11) is 0. The summed E-state index contributed by atoms with van der Waals surface area (Å²) in [5.41, 5.74) is 2.19. The van der Waals surface area contributed by atoms with E-state index in [-0.39, 0.29) is 31.6 Å². The molecule has 1 amide bonds. The molecular formula is C27H22F3N3O3S. The molecule has 0 saturated carbocycles. The van der Waals surface area contributed by atoms with Crippen molar-refractivity contribution in [3.05, 3.63) is 106 Å². The van der Waals surface area contributed by atoms with E-state index in [1.165, 1.54) is 29.5 Å². The lowest BCUT2D eigenvalue weighted by molar-refractivity contribution is -0.136. The topological polar surface area (TPSA) is 82.5 Å². The molecule has 3 aromatic carbocycles. The van der Waals surface area contributed by atoms with Crippen molar-refractivity contribution in [3.63, 3.8) is 0 Å². The predicted octanol–water partition coefficient (Wildman–Crippen LogP) is 5.64. The second kappa shape index (κ2) is 11.7. The van der Waals surface area contributed by atoms with Gasteiger partial charge in [0.25, 0.3) is 5.91 Å². The maximum absolute atomic E-state index is 14.5. The first kappa shape index (κ1) is 25.9. The average Bonchev–Trinajstić information content (AvgIpc) is 3.35. The Morgan fingerprint density at radius 1 is 0.946 bits per heavy atom. The van der Waals surface area contributed by atoms with Crippen molar-refractivity contribution in [2.45, 2.75) is 19.5 Å². The molecule has 37 heavy (non-hydrogen) atoms. The summed E-state index contributed by atoms with van der Waals surface area (Å²) in [5.74, 6) is -3.18. The van der Waals surface area contributed by atoms with E-state index in [4.69, 9.17) is 5.11 Å². The molecule has 0 unspecified atom stereocenters. The quantitative estimate of drug-likeness (QED) is 0.280. The lowest BCUT2D eigenvalue weighted by Gasteiger charge is -2.22. The number of aliphatic carboxylic acids is 1. The smallest absolute Gasteiger partial charge is 0.305 e. The molecule has 0 aliphatic carbocycles. The van der Waals surface area contributed by atoms with E-state index >= 15 is 0 Å². The van der Waals surface area contributed by atoms with E-state index in [2.05, 4.69) is 10.3 Å². The number of carbonyl (C=O) groups is 2. The second-order valence-electron chi connectivity index (χ2n) is 8.18. The molecule has 0 spiro atoms. The van der Waals surface area contributed by atoms with Crippen LogP contribution in [-0.4, -0.2) is 28.5 Å². The molecule has 0 bridgehead atoms. The third-order valence-electron chi connectivity index (χ3n) is 5.50. The predicted molar refractivity (Wildman–Crippen MR) is 135 cm³/mol. The SMILES string of the molecule is O=C(O)CCNC(=O)c1ccc(CN(Cc2ccc(F)cc2F)c2nc(-c3ccccc3F)cs2)cc1. The number of amides is 1. The van der Waals surface area contributed by atoms with E-state index < -0.39 is 29.3 Å². The number of rotatable bonds is 10. The van der Waals surface area contributed by atoms with Crippen LogP contribution in [-0.2, 0) is 17.9 Å². The molecule has 6 nitrogen and oxygen atoms in total. The summed E-state index contributed by atoms with van der Waals surface area (Å²) >= 11 is 1.27. The van der Waals surface area contributed by atoms with Gasteiger partial charge in [-0.05, 0) is 35.9 Å². The highest BCUT2D eigenvalue weighted by atomic mass is 32.1. The number of benzene rings is 3. The van der Waals surface area contributed by atoms with Gasteiger partial charge in [0.15, 0.2) is 5.13 Å². The Balaban J connectivity index is 1.57. The second-order valence-corrected chi connectivity index (χ2v) is 9.02. The fourth-order valence-electron chi connectivity index (χ4n) is 3.62. The maximum atomic E-state index is 14.5. The number of nitrogens with zero attached hydrogens (tertiary/aromatic N) is 2. The molecule has 0 saturated heterocycles. The van der Waals surface area contributed by atoms with Gasteiger partial charge >= 0.3 is 5.97 Å². The molecule has 2 N–H and O–H groups in total. The van der Waals surface area contributed by atoms with Crippen LogP contribution >= 0.6 is 11.3 Å². The van der Waals surface area contributed by atoms with Crippen LogP contribution < -0.4 is 10.2 Å². The fourth-order valence-corrected chi connectivity index (χ4v) is 4.44. The van der Waals surface area contributed by atoms with E-state index in [1.807, 2.05) is 0 Å². The maximum Gasteiger partial charge on any atom is 0.305 e. The number of thiazole rings is 1. The van der Waals surface area contributed by atoms with E-state index in [9.17, 15) is 22.8 Å². The van der Waals surface area contributed by atoms with Crippen LogP contribution in [0.15, 0.2) is 72.1 Å². The highest BCUT2D eigenvalue weighted by Crippen LogP contribution is 2.31. The molecular weight excluding hydrogens is 503 g/mol. The number of carboxylic acids is 1. The molecule has 0 radical (unpaired) electrons. The Kier molecular flexibility index (Phi) is 8.19. The first-order chi connectivity index (χ1) is 17.8. The summed E-state index contributed by atoms with van der Waals surface area (Å²) in [6.45, 7) is 0.372. The van der Waals surface area contributed by atoms with Crippen molar-refractivity contribution < 1.29 is 27.9 Å². The van der Waals surface area contributed by atoms with Crippen LogP contribution in [0, 0.1) is 17.5 Å². The van der Waals surface area contributed by atoms with Gasteiger partial charge in [-0.1, -0.05) is 30.3 Å².